The van der Waals surface area contributed by atoms with Gasteiger partial charge in [-0.15, -0.1) is 0 Å². The van der Waals surface area contributed by atoms with E-state index in [1.54, 1.807) is 13.8 Å². The van der Waals surface area contributed by atoms with Gasteiger partial charge in [0.2, 0.25) is 0 Å². The molecule has 0 aliphatic rings. The second kappa shape index (κ2) is 14.4. The Morgan fingerprint density at radius 2 is 1.50 bits per heavy atom. The van der Waals surface area contributed by atoms with Crippen molar-refractivity contribution in [3.63, 3.8) is 0 Å². The third-order valence-corrected chi connectivity index (χ3v) is 5.66. The highest BCUT2D eigenvalue weighted by molar-refractivity contribution is 9.06. The van der Waals surface area contributed by atoms with E-state index in [1.807, 2.05) is 6.92 Å². The van der Waals surface area contributed by atoms with Crippen LogP contribution in [0.3, 0.4) is 0 Å². The Kier molecular flexibility index (Phi) is 16.5. The number of unbranched alkanes of at least 4 members (excludes halogenated alkanes) is 2. The first-order valence-electron chi connectivity index (χ1n) is 5.96. The first-order chi connectivity index (χ1) is 10.2. The first kappa shape index (κ1) is 25.3. The second-order valence-corrected chi connectivity index (χ2v) is 8.41. The van der Waals surface area contributed by atoms with Crippen molar-refractivity contribution in [2.45, 2.75) is 46.1 Å². The van der Waals surface area contributed by atoms with Crippen LogP contribution in [0.1, 0.15) is 40.0 Å². The van der Waals surface area contributed by atoms with Crippen LogP contribution in [0, 0.1) is 0 Å². The van der Waals surface area contributed by atoms with Crippen molar-refractivity contribution in [1.82, 2.24) is 0 Å². The Balaban J connectivity index is 0. The molecule has 0 aromatic rings. The van der Waals surface area contributed by atoms with E-state index in [0.29, 0.717) is 6.42 Å². The van der Waals surface area contributed by atoms with Crippen molar-refractivity contribution in [3.8, 4) is 0 Å². The number of rotatable bonds is 11. The summed E-state index contributed by atoms with van der Waals surface area (Å²) in [6, 6.07) is 0. The van der Waals surface area contributed by atoms with Crippen molar-refractivity contribution >= 4 is 48.2 Å². The molecule has 22 heavy (non-hydrogen) atoms. The fraction of sp³-hybridized carbons (Fsp3) is 1.00. The minimum absolute atomic E-state index is 0.153. The maximum atomic E-state index is 11.5. The lowest BCUT2D eigenvalue weighted by atomic mass is 10.3. The monoisotopic (exact) mass is 500 g/mol. The molecule has 0 fully saturated rings. The summed E-state index contributed by atoms with van der Waals surface area (Å²) in [4.78, 5) is 0. The van der Waals surface area contributed by atoms with Crippen LogP contribution in [0.2, 0.25) is 0 Å². The summed E-state index contributed by atoms with van der Waals surface area (Å²) in [5, 5.41) is 0. The van der Waals surface area contributed by atoms with Crippen molar-refractivity contribution in [2.75, 3.05) is 6.61 Å². The molecule has 0 rings (SSSR count). The molecule has 14 heteroatoms. The van der Waals surface area contributed by atoms with Crippen molar-refractivity contribution in [3.05, 3.63) is 0 Å². The molecule has 8 nitrogen and oxygen atoms in total. The van der Waals surface area contributed by atoms with Gasteiger partial charge >= 0.3 is 15.6 Å². The summed E-state index contributed by atoms with van der Waals surface area (Å²) in [7, 11) is -7.96. The van der Waals surface area contributed by atoms with Crippen LogP contribution < -0.4 is 0 Å². The molecule has 0 spiro atoms. The molecule has 0 aromatic heterocycles. The van der Waals surface area contributed by atoms with Crippen molar-refractivity contribution in [1.29, 1.82) is 0 Å². The molecule has 0 heterocycles. The average molecular weight is 502 g/mol. The Hall–Kier alpha value is 1.04. The van der Waals surface area contributed by atoms with Crippen LogP contribution in [0.4, 0.5) is 9.05 Å². The summed E-state index contributed by atoms with van der Waals surface area (Å²) in [6.07, 6.45) is 2.19. The van der Waals surface area contributed by atoms with E-state index >= 15 is 0 Å². The standard InChI is InChI=1S/C5H11BrFO4P.C3H7BrFO4P/c1-2-3-4-5-9-12(8,10-6)11-7;1-3(2)7-10(6,8-4)9-5/h2-5H2,1H3;3H,1-2H3. The summed E-state index contributed by atoms with van der Waals surface area (Å²) in [6.45, 7) is 5.29. The van der Waals surface area contributed by atoms with E-state index in [4.69, 9.17) is 0 Å². The third kappa shape index (κ3) is 13.5. The normalized spacial score (nSPS) is 16.5. The highest BCUT2D eigenvalue weighted by Gasteiger charge is 2.29. The lowest BCUT2D eigenvalue weighted by Gasteiger charge is -2.10. The van der Waals surface area contributed by atoms with Crippen LogP contribution in [0.25, 0.3) is 0 Å². The molecular weight excluding hydrogens is 484 g/mol. The molecule has 0 saturated heterocycles. The highest BCUT2D eigenvalue weighted by atomic mass is 79.9. The van der Waals surface area contributed by atoms with Crippen molar-refractivity contribution < 1.29 is 43.9 Å². The van der Waals surface area contributed by atoms with E-state index in [2.05, 4.69) is 58.3 Å². The summed E-state index contributed by atoms with van der Waals surface area (Å²) < 4.78 is 67.3. The fourth-order valence-corrected chi connectivity index (χ4v) is 2.66. The van der Waals surface area contributed by atoms with Gasteiger partial charge in [0.1, 0.15) is 32.5 Å². The van der Waals surface area contributed by atoms with Gasteiger partial charge in [0.15, 0.2) is 0 Å². The minimum Gasteiger partial charge on any atom is -0.285 e. The summed E-state index contributed by atoms with van der Waals surface area (Å²) >= 11 is 4.66. The molecule has 0 saturated carbocycles. The zero-order chi connectivity index (χ0) is 17.6. The van der Waals surface area contributed by atoms with Gasteiger partial charge in [-0.05, 0) is 29.3 Å². The van der Waals surface area contributed by atoms with Gasteiger partial charge < -0.3 is 0 Å². The quantitative estimate of drug-likeness (QED) is 0.241. The van der Waals surface area contributed by atoms with E-state index in [0.717, 1.165) is 12.8 Å². The van der Waals surface area contributed by atoms with Gasteiger partial charge in [-0.3, -0.25) is 9.05 Å². The van der Waals surface area contributed by atoms with Crippen LogP contribution in [0.5, 0.6) is 0 Å². The molecule has 0 aliphatic carbocycles. The molecule has 0 radical (unpaired) electrons. The largest absolute Gasteiger partial charge is 0.517 e. The smallest absolute Gasteiger partial charge is 0.285 e. The summed E-state index contributed by atoms with van der Waals surface area (Å²) in [5.41, 5.74) is 0. The van der Waals surface area contributed by atoms with Crippen LogP contribution in [-0.4, -0.2) is 12.7 Å². The van der Waals surface area contributed by atoms with Gasteiger partial charge in [-0.25, -0.2) is 16.4 Å². The van der Waals surface area contributed by atoms with Crippen LogP contribution in [-0.2, 0) is 34.9 Å². The SMILES string of the molecule is CC(C)OP(=O)(OF)OBr.CCCCCOP(=O)(OF)OBr. The third-order valence-electron chi connectivity index (χ3n) is 1.68. The van der Waals surface area contributed by atoms with Crippen LogP contribution in [0.15, 0.2) is 0 Å². The predicted octanol–water partition coefficient (Wildman–Crippen LogP) is 6.28. The van der Waals surface area contributed by atoms with Gasteiger partial charge in [0.05, 0.1) is 12.7 Å². The number of halogens is 4. The van der Waals surface area contributed by atoms with E-state index in [-0.39, 0.29) is 6.61 Å². The lowest BCUT2D eigenvalue weighted by Crippen LogP contribution is -2.00. The Labute approximate surface area is 145 Å². The summed E-state index contributed by atoms with van der Waals surface area (Å²) in [5.74, 6) is 0. The molecule has 136 valence electrons. The molecule has 0 N–H and O–H groups in total. The van der Waals surface area contributed by atoms with Gasteiger partial charge in [0.25, 0.3) is 0 Å². The number of phosphoric acid groups is 2. The van der Waals surface area contributed by atoms with E-state index in [1.165, 1.54) is 0 Å². The highest BCUT2D eigenvalue weighted by Crippen LogP contribution is 2.52. The van der Waals surface area contributed by atoms with Crippen LogP contribution >= 0.6 is 48.2 Å². The number of hydrogen-bond donors (Lipinski definition) is 0. The second-order valence-electron chi connectivity index (χ2n) is 3.86. The zero-order valence-corrected chi connectivity index (χ0v) is 17.0. The minimum atomic E-state index is -3.99. The molecule has 0 bridgehead atoms. The van der Waals surface area contributed by atoms with Crippen molar-refractivity contribution in [2.24, 2.45) is 0 Å². The zero-order valence-electron chi connectivity index (χ0n) is 12.1. The number of hydrogen-bond acceptors (Lipinski definition) is 8. The maximum absolute atomic E-state index is 11.5. The Morgan fingerprint density at radius 3 is 1.77 bits per heavy atom. The molecule has 2 atom stereocenters. The van der Waals surface area contributed by atoms with Gasteiger partial charge in [0, 0.05) is 0 Å². The molecule has 2 unspecified atom stereocenters. The average Bonchev–Trinajstić information content (AvgIpc) is 2.51. The molecular formula is C8H18Br2F2O8P2. The van der Waals surface area contributed by atoms with Gasteiger partial charge in [-0.2, -0.15) is 0 Å². The molecule has 0 aromatic carbocycles. The lowest BCUT2D eigenvalue weighted by molar-refractivity contribution is -0.0476. The van der Waals surface area contributed by atoms with Gasteiger partial charge in [-0.1, -0.05) is 29.2 Å². The molecule has 0 amide bonds. The molecule has 0 aliphatic heterocycles. The maximum Gasteiger partial charge on any atom is 0.517 e. The predicted molar refractivity (Wildman–Crippen MR) is 81.3 cm³/mol. The Morgan fingerprint density at radius 1 is 1.00 bits per heavy atom. The first-order valence-corrected chi connectivity index (χ1v) is 10.2. The topological polar surface area (TPSA) is 89.5 Å². The Bertz CT molecular complexity index is 347. The fourth-order valence-electron chi connectivity index (χ4n) is 0.880. The van der Waals surface area contributed by atoms with E-state index < -0.39 is 21.7 Å². The van der Waals surface area contributed by atoms with E-state index in [9.17, 15) is 18.2 Å².